The summed E-state index contributed by atoms with van der Waals surface area (Å²) in [5.74, 6) is 0. The lowest BCUT2D eigenvalue weighted by Gasteiger charge is -2.33. The Balaban J connectivity index is 1.67. The largest absolute Gasteiger partial charge is 0.390 e. The summed E-state index contributed by atoms with van der Waals surface area (Å²) in [6.07, 6.45) is 2.64. The third-order valence-electron chi connectivity index (χ3n) is 5.62. The van der Waals surface area contributed by atoms with E-state index >= 15 is 0 Å². The second kappa shape index (κ2) is 10.00. The molecule has 0 spiro atoms. The molecule has 1 heterocycles. The van der Waals surface area contributed by atoms with Gasteiger partial charge < -0.3 is 19.8 Å². The van der Waals surface area contributed by atoms with Gasteiger partial charge in [0.25, 0.3) is 0 Å². The molecular weight excluding hydrogens is 338 g/mol. The van der Waals surface area contributed by atoms with E-state index in [0.717, 1.165) is 30.5 Å². The van der Waals surface area contributed by atoms with Crippen LogP contribution in [0.4, 0.5) is 0 Å². The summed E-state index contributed by atoms with van der Waals surface area (Å²) in [5.41, 5.74) is 3.41. The molecule has 1 saturated heterocycles. The van der Waals surface area contributed by atoms with E-state index < -0.39 is 6.10 Å². The lowest BCUT2D eigenvalue weighted by atomic mass is 9.97. The number of quaternary nitrogens is 1. The zero-order valence-corrected chi connectivity index (χ0v) is 16.2. The topological polar surface area (TPSA) is 54.1 Å². The van der Waals surface area contributed by atoms with Gasteiger partial charge in [0.05, 0.1) is 19.8 Å². The van der Waals surface area contributed by atoms with E-state index in [9.17, 15) is 10.2 Å². The summed E-state index contributed by atoms with van der Waals surface area (Å²) in [4.78, 5) is 1.30. The Morgan fingerprint density at radius 1 is 1.07 bits per heavy atom. The van der Waals surface area contributed by atoms with Crippen molar-refractivity contribution in [3.05, 3.63) is 71.3 Å². The van der Waals surface area contributed by atoms with Crippen molar-refractivity contribution in [1.82, 2.24) is 0 Å². The van der Waals surface area contributed by atoms with Crippen molar-refractivity contribution in [1.29, 1.82) is 0 Å². The minimum Gasteiger partial charge on any atom is -0.390 e. The molecule has 0 bridgehead atoms. The normalized spacial score (nSPS) is 22.3. The molecule has 0 aliphatic carbocycles. The van der Waals surface area contributed by atoms with Gasteiger partial charge in [-0.3, -0.25) is 0 Å². The van der Waals surface area contributed by atoms with Gasteiger partial charge in [-0.05, 0) is 36.5 Å². The van der Waals surface area contributed by atoms with Gasteiger partial charge in [-0.15, -0.1) is 0 Å². The summed E-state index contributed by atoms with van der Waals surface area (Å²) in [5, 5.41) is 20.2. The van der Waals surface area contributed by atoms with Crippen molar-refractivity contribution < 1.29 is 19.8 Å². The van der Waals surface area contributed by atoms with Crippen LogP contribution in [-0.4, -0.2) is 48.7 Å². The molecule has 2 aromatic rings. The number of nitrogens with one attached hydrogen (secondary N) is 1. The minimum absolute atomic E-state index is 0.188. The SMILES string of the molecule is Cc1ccccc1[C@@H](OC[C@H](O)C[NH+]1CCCC[C@@H]1CO)c1ccccc1. The smallest absolute Gasteiger partial charge is 0.126 e. The maximum atomic E-state index is 10.6. The molecule has 146 valence electrons. The number of rotatable bonds is 8. The van der Waals surface area contributed by atoms with E-state index in [-0.39, 0.29) is 25.4 Å². The highest BCUT2D eigenvalue weighted by molar-refractivity contribution is 5.35. The van der Waals surface area contributed by atoms with Crippen molar-refractivity contribution in [2.24, 2.45) is 0 Å². The predicted molar refractivity (Wildman–Crippen MR) is 107 cm³/mol. The first-order valence-electron chi connectivity index (χ1n) is 10.0. The van der Waals surface area contributed by atoms with Crippen molar-refractivity contribution in [3.63, 3.8) is 0 Å². The van der Waals surface area contributed by atoms with Gasteiger partial charge in [0, 0.05) is 6.42 Å². The van der Waals surface area contributed by atoms with Gasteiger partial charge in [-0.1, -0.05) is 54.6 Å². The predicted octanol–water partition coefficient (Wildman–Crippen LogP) is 1.89. The molecule has 3 rings (SSSR count). The van der Waals surface area contributed by atoms with Gasteiger partial charge >= 0.3 is 0 Å². The first kappa shape index (κ1) is 20.0. The van der Waals surface area contributed by atoms with E-state index in [1.165, 1.54) is 16.9 Å². The van der Waals surface area contributed by atoms with Gasteiger partial charge in [0.2, 0.25) is 0 Å². The zero-order valence-electron chi connectivity index (χ0n) is 16.2. The molecule has 0 saturated carbocycles. The number of ether oxygens (including phenoxy) is 1. The van der Waals surface area contributed by atoms with Gasteiger partial charge in [0.15, 0.2) is 0 Å². The Hall–Kier alpha value is -1.72. The van der Waals surface area contributed by atoms with E-state index in [1.54, 1.807) is 0 Å². The number of likely N-dealkylation sites (tertiary alicyclic amines) is 1. The minimum atomic E-state index is -0.539. The van der Waals surface area contributed by atoms with Crippen molar-refractivity contribution in [3.8, 4) is 0 Å². The van der Waals surface area contributed by atoms with Crippen LogP contribution in [0.15, 0.2) is 54.6 Å². The number of aliphatic hydroxyl groups excluding tert-OH is 2. The fourth-order valence-corrected chi connectivity index (χ4v) is 4.08. The highest BCUT2D eigenvalue weighted by Gasteiger charge is 2.28. The summed E-state index contributed by atoms with van der Waals surface area (Å²) < 4.78 is 6.24. The molecule has 1 unspecified atom stereocenters. The van der Waals surface area contributed by atoms with Crippen LogP contribution in [0.2, 0.25) is 0 Å². The van der Waals surface area contributed by atoms with Gasteiger partial charge in [-0.25, -0.2) is 0 Å². The van der Waals surface area contributed by atoms with Crippen molar-refractivity contribution >= 4 is 0 Å². The molecule has 27 heavy (non-hydrogen) atoms. The van der Waals surface area contributed by atoms with Crippen molar-refractivity contribution in [2.75, 3.05) is 26.3 Å². The monoisotopic (exact) mass is 370 g/mol. The number of aryl methyl sites for hydroxylation is 1. The molecule has 3 N–H and O–H groups in total. The summed E-state index contributed by atoms with van der Waals surface area (Å²) in [6, 6.07) is 18.7. The highest BCUT2D eigenvalue weighted by atomic mass is 16.5. The second-order valence-corrected chi connectivity index (χ2v) is 7.62. The molecule has 1 fully saturated rings. The number of hydrogen-bond acceptors (Lipinski definition) is 3. The molecule has 0 aromatic heterocycles. The van der Waals surface area contributed by atoms with Crippen LogP contribution in [0.1, 0.15) is 42.1 Å². The first-order chi connectivity index (χ1) is 13.2. The first-order valence-corrected chi connectivity index (χ1v) is 10.0. The molecular formula is C23H32NO3+. The number of piperidine rings is 1. The Labute approximate surface area is 162 Å². The van der Waals surface area contributed by atoms with E-state index in [0.29, 0.717) is 6.54 Å². The molecule has 4 atom stereocenters. The van der Waals surface area contributed by atoms with Crippen molar-refractivity contribution in [2.45, 2.75) is 44.4 Å². The molecule has 1 aliphatic heterocycles. The fraction of sp³-hybridized carbons (Fsp3) is 0.478. The van der Waals surface area contributed by atoms with Gasteiger partial charge in [-0.2, -0.15) is 0 Å². The second-order valence-electron chi connectivity index (χ2n) is 7.62. The van der Waals surface area contributed by atoms with Crippen LogP contribution in [0.3, 0.4) is 0 Å². The van der Waals surface area contributed by atoms with Crippen LogP contribution in [0.25, 0.3) is 0 Å². The summed E-state index contributed by atoms with van der Waals surface area (Å²) in [7, 11) is 0. The maximum Gasteiger partial charge on any atom is 0.126 e. The number of aliphatic hydroxyl groups is 2. The molecule has 4 nitrogen and oxygen atoms in total. The van der Waals surface area contributed by atoms with E-state index in [4.69, 9.17) is 4.74 Å². The van der Waals surface area contributed by atoms with E-state index in [2.05, 4.69) is 31.2 Å². The standard InChI is InChI=1S/C23H31NO3/c1-18-9-5-6-13-22(18)23(19-10-3-2-4-11-19)27-17-21(26)15-24-14-8-7-12-20(24)16-25/h2-6,9-11,13,20-21,23,25-26H,7-8,12,14-17H2,1H3/p+1/t20-,21-,23+/m1/s1. The van der Waals surface area contributed by atoms with Crippen LogP contribution in [0, 0.1) is 6.92 Å². The lowest BCUT2D eigenvalue weighted by Crippen LogP contribution is -3.18. The quantitative estimate of drug-likeness (QED) is 0.665. The zero-order chi connectivity index (χ0) is 19.1. The summed E-state index contributed by atoms with van der Waals surface area (Å²) >= 11 is 0. The molecule has 2 aromatic carbocycles. The maximum absolute atomic E-state index is 10.6. The number of benzene rings is 2. The Morgan fingerprint density at radius 3 is 2.56 bits per heavy atom. The molecule has 1 aliphatic rings. The average Bonchev–Trinajstić information content (AvgIpc) is 2.70. The third-order valence-corrected chi connectivity index (χ3v) is 5.62. The van der Waals surface area contributed by atoms with E-state index in [1.807, 2.05) is 30.3 Å². The fourth-order valence-electron chi connectivity index (χ4n) is 4.08. The third kappa shape index (κ3) is 5.39. The Kier molecular flexibility index (Phi) is 7.41. The average molecular weight is 371 g/mol. The molecule has 0 amide bonds. The lowest BCUT2D eigenvalue weighted by molar-refractivity contribution is -0.934. The molecule has 4 heteroatoms. The Bertz CT molecular complexity index is 691. The van der Waals surface area contributed by atoms with Crippen LogP contribution in [0.5, 0.6) is 0 Å². The Morgan fingerprint density at radius 2 is 1.81 bits per heavy atom. The van der Waals surface area contributed by atoms with Crippen LogP contribution in [-0.2, 0) is 4.74 Å². The van der Waals surface area contributed by atoms with Crippen LogP contribution >= 0.6 is 0 Å². The highest BCUT2D eigenvalue weighted by Crippen LogP contribution is 2.28. The summed E-state index contributed by atoms with van der Waals surface area (Å²) in [6.45, 7) is 4.21. The van der Waals surface area contributed by atoms with Crippen LogP contribution < -0.4 is 4.90 Å². The van der Waals surface area contributed by atoms with Gasteiger partial charge in [0.1, 0.15) is 24.8 Å². The number of hydrogen-bond donors (Lipinski definition) is 3. The molecule has 0 radical (unpaired) electrons.